The first-order valence-corrected chi connectivity index (χ1v) is 10.1. The smallest absolute Gasteiger partial charge is 0.244 e. The third-order valence-corrected chi connectivity index (χ3v) is 6.71. The zero-order valence-electron chi connectivity index (χ0n) is 12.0. The van der Waals surface area contributed by atoms with Crippen LogP contribution in [0.1, 0.15) is 24.9 Å². The zero-order valence-corrected chi connectivity index (χ0v) is 13.7. The summed E-state index contributed by atoms with van der Waals surface area (Å²) < 4.78 is 55.3. The lowest BCUT2D eigenvalue weighted by Crippen LogP contribution is -2.35. The van der Waals surface area contributed by atoms with Gasteiger partial charge in [0, 0.05) is 12.1 Å². The maximum Gasteiger partial charge on any atom is 0.244 e. The van der Waals surface area contributed by atoms with E-state index in [0.29, 0.717) is 24.5 Å². The Morgan fingerprint density at radius 3 is 2.71 bits per heavy atom. The molecule has 1 unspecified atom stereocenters. The van der Waals surface area contributed by atoms with Gasteiger partial charge in [0.05, 0.1) is 18.1 Å². The quantitative estimate of drug-likeness (QED) is 0.767. The predicted molar refractivity (Wildman–Crippen MR) is 78.2 cm³/mol. The number of hydrogen-bond acceptors (Lipinski definition) is 6. The minimum absolute atomic E-state index is 0.0240. The lowest BCUT2D eigenvalue weighted by Gasteiger charge is -2.10. The molecule has 1 aromatic rings. The fourth-order valence-electron chi connectivity index (χ4n) is 2.30. The molecule has 2 N–H and O–H groups in total. The molecule has 1 aliphatic rings. The van der Waals surface area contributed by atoms with E-state index in [0.717, 1.165) is 6.54 Å². The maximum absolute atomic E-state index is 12.3. The fraction of sp³-hybridized carbons (Fsp3) is 0.667. The average Bonchev–Trinajstić information content (AvgIpc) is 2.89. The average molecular weight is 336 g/mol. The first-order valence-electron chi connectivity index (χ1n) is 6.76. The van der Waals surface area contributed by atoms with E-state index in [1.54, 1.807) is 6.92 Å². The second-order valence-corrected chi connectivity index (χ2v) is 9.05. The van der Waals surface area contributed by atoms with Gasteiger partial charge in [-0.1, -0.05) is 6.92 Å². The standard InChI is InChI=1S/C12H20N2O5S2/c1-3-13-7-11-6-12(9(2)19-11)21(17,18)14-10-4-5-20(15,16)8-10/h6,10,13-14H,3-5,7-8H2,1-2H3. The summed E-state index contributed by atoms with van der Waals surface area (Å²) in [7, 11) is -6.89. The number of aryl methyl sites for hydroxylation is 1. The molecule has 1 atom stereocenters. The summed E-state index contributed by atoms with van der Waals surface area (Å²) in [4.78, 5) is 0.0692. The molecule has 120 valence electrons. The van der Waals surface area contributed by atoms with Crippen molar-refractivity contribution < 1.29 is 21.3 Å². The Kier molecular flexibility index (Phi) is 4.76. The maximum atomic E-state index is 12.3. The van der Waals surface area contributed by atoms with Gasteiger partial charge in [0.25, 0.3) is 0 Å². The summed E-state index contributed by atoms with van der Waals surface area (Å²) in [5.41, 5.74) is 0. The molecule has 2 rings (SSSR count). The van der Waals surface area contributed by atoms with Crippen LogP contribution < -0.4 is 10.0 Å². The minimum atomic E-state index is -3.76. The van der Waals surface area contributed by atoms with Gasteiger partial charge in [0.1, 0.15) is 16.4 Å². The largest absolute Gasteiger partial charge is 0.464 e. The van der Waals surface area contributed by atoms with E-state index in [2.05, 4.69) is 10.0 Å². The highest BCUT2D eigenvalue weighted by Gasteiger charge is 2.32. The van der Waals surface area contributed by atoms with Crippen LogP contribution in [0.25, 0.3) is 0 Å². The van der Waals surface area contributed by atoms with E-state index in [1.165, 1.54) is 6.07 Å². The number of nitrogens with one attached hydrogen (secondary N) is 2. The summed E-state index contributed by atoms with van der Waals surface area (Å²) in [5, 5.41) is 3.05. The minimum Gasteiger partial charge on any atom is -0.464 e. The van der Waals surface area contributed by atoms with Crippen molar-refractivity contribution in [3.8, 4) is 0 Å². The van der Waals surface area contributed by atoms with E-state index in [-0.39, 0.29) is 16.4 Å². The van der Waals surface area contributed by atoms with Gasteiger partial charge in [-0.2, -0.15) is 0 Å². The van der Waals surface area contributed by atoms with Crippen LogP contribution in [0.2, 0.25) is 0 Å². The van der Waals surface area contributed by atoms with E-state index in [9.17, 15) is 16.8 Å². The number of sulfonamides is 1. The monoisotopic (exact) mass is 336 g/mol. The van der Waals surface area contributed by atoms with Gasteiger partial charge in [-0.05, 0) is 19.9 Å². The van der Waals surface area contributed by atoms with Gasteiger partial charge >= 0.3 is 0 Å². The molecule has 1 fully saturated rings. The van der Waals surface area contributed by atoms with Crippen LogP contribution in [-0.4, -0.2) is 40.9 Å². The molecule has 2 heterocycles. The molecule has 0 radical (unpaired) electrons. The van der Waals surface area contributed by atoms with Crippen molar-refractivity contribution in [3.05, 3.63) is 17.6 Å². The summed E-state index contributed by atoms with van der Waals surface area (Å²) in [6.45, 7) is 4.72. The summed E-state index contributed by atoms with van der Waals surface area (Å²) >= 11 is 0. The van der Waals surface area contributed by atoms with E-state index >= 15 is 0 Å². The van der Waals surface area contributed by atoms with Gasteiger partial charge in [0.2, 0.25) is 10.0 Å². The molecular weight excluding hydrogens is 316 g/mol. The fourth-order valence-corrected chi connectivity index (χ4v) is 5.55. The molecule has 0 aromatic carbocycles. The van der Waals surface area contributed by atoms with Crippen molar-refractivity contribution in [1.29, 1.82) is 0 Å². The molecule has 21 heavy (non-hydrogen) atoms. The molecule has 1 saturated heterocycles. The Labute approximate surface area is 125 Å². The molecule has 0 spiro atoms. The Morgan fingerprint density at radius 2 is 2.14 bits per heavy atom. The molecule has 0 amide bonds. The van der Waals surface area contributed by atoms with Crippen molar-refractivity contribution in [2.24, 2.45) is 0 Å². The number of sulfone groups is 1. The van der Waals surface area contributed by atoms with E-state index in [4.69, 9.17) is 4.42 Å². The third kappa shape index (κ3) is 4.06. The summed E-state index contributed by atoms with van der Waals surface area (Å²) in [5.74, 6) is 0.717. The van der Waals surface area contributed by atoms with Crippen LogP contribution in [0.4, 0.5) is 0 Å². The highest BCUT2D eigenvalue weighted by Crippen LogP contribution is 2.22. The molecule has 7 nitrogen and oxygen atoms in total. The molecule has 0 saturated carbocycles. The van der Waals surface area contributed by atoms with Crippen LogP contribution in [0.5, 0.6) is 0 Å². The van der Waals surface area contributed by atoms with E-state index in [1.807, 2.05) is 6.92 Å². The highest BCUT2D eigenvalue weighted by atomic mass is 32.2. The first kappa shape index (κ1) is 16.5. The van der Waals surface area contributed by atoms with Crippen LogP contribution >= 0.6 is 0 Å². The summed E-state index contributed by atoms with van der Waals surface area (Å²) in [6, 6.07) is 0.913. The van der Waals surface area contributed by atoms with Gasteiger partial charge in [0.15, 0.2) is 9.84 Å². The molecule has 1 aromatic heterocycles. The van der Waals surface area contributed by atoms with Crippen LogP contribution in [0, 0.1) is 6.92 Å². The van der Waals surface area contributed by atoms with Gasteiger partial charge in [-0.3, -0.25) is 0 Å². The normalized spacial score (nSPS) is 21.7. The predicted octanol–water partition coefficient (Wildman–Crippen LogP) is 0.163. The molecular formula is C12H20N2O5S2. The Morgan fingerprint density at radius 1 is 1.43 bits per heavy atom. The first-order chi connectivity index (χ1) is 9.73. The van der Waals surface area contributed by atoms with Crippen LogP contribution in [0.3, 0.4) is 0 Å². The molecule has 9 heteroatoms. The van der Waals surface area contributed by atoms with E-state index < -0.39 is 25.9 Å². The Bertz CT molecular complexity index is 706. The van der Waals surface area contributed by atoms with Gasteiger partial charge < -0.3 is 9.73 Å². The van der Waals surface area contributed by atoms with Crippen molar-refractivity contribution >= 4 is 19.9 Å². The van der Waals surface area contributed by atoms with Crippen molar-refractivity contribution in [3.63, 3.8) is 0 Å². The van der Waals surface area contributed by atoms with Crippen molar-refractivity contribution in [2.45, 2.75) is 37.8 Å². The number of hydrogen-bond donors (Lipinski definition) is 2. The van der Waals surface area contributed by atoms with Gasteiger partial charge in [-0.15, -0.1) is 0 Å². The molecule has 1 aliphatic heterocycles. The summed E-state index contributed by atoms with van der Waals surface area (Å²) in [6.07, 6.45) is 0.308. The topological polar surface area (TPSA) is 105 Å². The Balaban J connectivity index is 2.14. The van der Waals surface area contributed by atoms with Crippen molar-refractivity contribution in [1.82, 2.24) is 10.0 Å². The lowest BCUT2D eigenvalue weighted by atomic mass is 10.3. The zero-order chi connectivity index (χ0) is 15.7. The SMILES string of the molecule is CCNCc1cc(S(=O)(=O)NC2CCS(=O)(=O)C2)c(C)o1. The Hall–Kier alpha value is -0.900. The highest BCUT2D eigenvalue weighted by molar-refractivity contribution is 7.92. The number of furan rings is 1. The second-order valence-electron chi connectivity index (χ2n) is 5.13. The molecule has 0 aliphatic carbocycles. The lowest BCUT2D eigenvalue weighted by molar-refractivity contribution is 0.460. The second kappa shape index (κ2) is 6.07. The van der Waals surface area contributed by atoms with Crippen molar-refractivity contribution in [2.75, 3.05) is 18.1 Å². The number of rotatable bonds is 6. The molecule has 0 bridgehead atoms. The third-order valence-electron chi connectivity index (χ3n) is 3.32. The van der Waals surface area contributed by atoms with Gasteiger partial charge in [-0.25, -0.2) is 21.6 Å². The van der Waals surface area contributed by atoms with Crippen LogP contribution in [-0.2, 0) is 26.4 Å². The van der Waals surface area contributed by atoms with Crippen LogP contribution in [0.15, 0.2) is 15.4 Å².